The molecule has 29 heavy (non-hydrogen) atoms. The molecule has 0 saturated carbocycles. The van der Waals surface area contributed by atoms with Gasteiger partial charge in [0.2, 0.25) is 0 Å². The second-order valence-electron chi connectivity index (χ2n) is 7.58. The smallest absolute Gasteiger partial charge is 0.278 e. The number of hydrogen-bond donors (Lipinski definition) is 1. The number of rotatable bonds is 18. The fourth-order valence-corrected chi connectivity index (χ4v) is 3.24. The Hall–Kier alpha value is -1.82. The zero-order chi connectivity index (χ0) is 21.3. The lowest BCUT2D eigenvalue weighted by Gasteiger charge is -2.14. The maximum Gasteiger partial charge on any atom is 0.278 e. The van der Waals surface area contributed by atoms with Gasteiger partial charge in [0.25, 0.3) is 5.69 Å². The highest BCUT2D eigenvalue weighted by Gasteiger charge is 2.19. The topological polar surface area (TPSA) is 81.8 Å². The second-order valence-corrected chi connectivity index (χ2v) is 7.58. The summed E-state index contributed by atoms with van der Waals surface area (Å²) in [5.74, 6) is 0.882. The van der Waals surface area contributed by atoms with E-state index in [4.69, 9.17) is 9.47 Å². The molecule has 166 valence electrons. The summed E-state index contributed by atoms with van der Waals surface area (Å²) >= 11 is 0. The van der Waals surface area contributed by atoms with E-state index in [1.807, 2.05) is 0 Å². The van der Waals surface area contributed by atoms with E-state index in [-0.39, 0.29) is 11.3 Å². The Kier molecular flexibility index (Phi) is 13.9. The number of nitro groups is 1. The number of benzene rings is 1. The summed E-state index contributed by atoms with van der Waals surface area (Å²) in [4.78, 5) is 10.8. The van der Waals surface area contributed by atoms with Gasteiger partial charge in [0, 0.05) is 0 Å². The SMILES string of the molecule is CCCCCCCCOc1cc(CO)c([N+](=O)[O-])cc1OCCCCCCCC. The lowest BCUT2D eigenvalue weighted by atomic mass is 10.1. The van der Waals surface area contributed by atoms with Gasteiger partial charge in [0.05, 0.1) is 36.4 Å². The van der Waals surface area contributed by atoms with E-state index in [9.17, 15) is 15.2 Å². The molecule has 0 aliphatic rings. The fourth-order valence-electron chi connectivity index (χ4n) is 3.24. The van der Waals surface area contributed by atoms with Crippen molar-refractivity contribution in [3.05, 3.63) is 27.8 Å². The predicted octanol–water partition coefficient (Wildman–Crippen LogP) is 6.57. The molecule has 6 nitrogen and oxygen atoms in total. The molecule has 0 bridgehead atoms. The van der Waals surface area contributed by atoms with E-state index in [2.05, 4.69) is 13.8 Å². The summed E-state index contributed by atoms with van der Waals surface area (Å²) < 4.78 is 11.7. The highest BCUT2D eigenvalue weighted by atomic mass is 16.6. The molecule has 1 aromatic rings. The summed E-state index contributed by atoms with van der Waals surface area (Å²) in [5, 5.41) is 20.8. The predicted molar refractivity (Wildman–Crippen MR) is 117 cm³/mol. The van der Waals surface area contributed by atoms with Crippen molar-refractivity contribution in [1.82, 2.24) is 0 Å². The monoisotopic (exact) mass is 409 g/mol. The average Bonchev–Trinajstić information content (AvgIpc) is 2.72. The summed E-state index contributed by atoms with van der Waals surface area (Å²) in [5.41, 5.74) is 0.122. The van der Waals surface area contributed by atoms with Crippen LogP contribution < -0.4 is 9.47 Å². The number of nitrogens with zero attached hydrogens (tertiary/aromatic N) is 1. The molecule has 0 saturated heterocycles. The van der Waals surface area contributed by atoms with Crippen LogP contribution in [0.5, 0.6) is 11.5 Å². The Morgan fingerprint density at radius 3 is 1.69 bits per heavy atom. The minimum Gasteiger partial charge on any atom is -0.490 e. The minimum absolute atomic E-state index is 0.127. The van der Waals surface area contributed by atoms with Gasteiger partial charge in [-0.3, -0.25) is 10.1 Å². The van der Waals surface area contributed by atoms with Gasteiger partial charge in [-0.25, -0.2) is 0 Å². The number of ether oxygens (including phenoxy) is 2. The molecule has 0 unspecified atom stereocenters. The maximum atomic E-state index is 11.3. The van der Waals surface area contributed by atoms with Crippen LogP contribution in [-0.4, -0.2) is 23.2 Å². The van der Waals surface area contributed by atoms with E-state index in [0.717, 1.165) is 25.7 Å². The van der Waals surface area contributed by atoms with Crippen LogP contribution in [0, 0.1) is 10.1 Å². The van der Waals surface area contributed by atoms with Crippen molar-refractivity contribution in [2.75, 3.05) is 13.2 Å². The van der Waals surface area contributed by atoms with Crippen molar-refractivity contribution >= 4 is 5.69 Å². The fraction of sp³-hybridized carbons (Fsp3) is 0.739. The maximum absolute atomic E-state index is 11.3. The van der Waals surface area contributed by atoms with Crippen molar-refractivity contribution in [1.29, 1.82) is 0 Å². The van der Waals surface area contributed by atoms with Crippen LogP contribution in [0.3, 0.4) is 0 Å². The first-order chi connectivity index (χ1) is 14.1. The third-order valence-electron chi connectivity index (χ3n) is 5.02. The Labute approximate surface area is 175 Å². The Bertz CT molecular complexity index is 577. The van der Waals surface area contributed by atoms with Crippen LogP contribution in [-0.2, 0) is 6.61 Å². The first kappa shape index (κ1) is 25.2. The molecule has 0 fully saturated rings. The molecule has 1 N–H and O–H groups in total. The van der Waals surface area contributed by atoms with Crippen LogP contribution in [0.4, 0.5) is 5.69 Å². The summed E-state index contributed by atoms with van der Waals surface area (Å²) in [6, 6.07) is 2.94. The average molecular weight is 410 g/mol. The molecule has 0 aliphatic carbocycles. The summed E-state index contributed by atoms with van der Waals surface area (Å²) in [6.07, 6.45) is 13.9. The Morgan fingerprint density at radius 1 is 0.793 bits per heavy atom. The zero-order valence-electron chi connectivity index (χ0n) is 18.3. The van der Waals surface area contributed by atoms with Crippen LogP contribution in [0.15, 0.2) is 12.1 Å². The van der Waals surface area contributed by atoms with Crippen molar-refractivity contribution < 1.29 is 19.5 Å². The highest BCUT2D eigenvalue weighted by Crippen LogP contribution is 2.35. The molecular formula is C23H39NO5. The van der Waals surface area contributed by atoms with Gasteiger partial charge in [0.15, 0.2) is 11.5 Å². The van der Waals surface area contributed by atoms with Gasteiger partial charge < -0.3 is 14.6 Å². The normalized spacial score (nSPS) is 10.9. The van der Waals surface area contributed by atoms with Crippen LogP contribution in [0.1, 0.15) is 96.5 Å². The standard InChI is InChI=1S/C23H39NO5/c1-3-5-7-9-11-13-15-28-22-17-20(19-25)21(24(26)27)18-23(22)29-16-14-12-10-8-6-4-2/h17-18,25H,3-16,19H2,1-2H3. The van der Waals surface area contributed by atoms with E-state index < -0.39 is 11.5 Å². The third-order valence-corrected chi connectivity index (χ3v) is 5.02. The van der Waals surface area contributed by atoms with Crippen LogP contribution in [0.25, 0.3) is 0 Å². The molecule has 0 heterocycles. The van der Waals surface area contributed by atoms with E-state index in [1.54, 1.807) is 6.07 Å². The molecule has 0 aromatic heterocycles. The second kappa shape index (κ2) is 16.0. The number of aliphatic hydroxyl groups is 1. The largest absolute Gasteiger partial charge is 0.490 e. The summed E-state index contributed by atoms with van der Waals surface area (Å²) in [6.45, 7) is 5.04. The first-order valence-electron chi connectivity index (χ1n) is 11.3. The molecule has 0 radical (unpaired) electrons. The van der Waals surface area contributed by atoms with Gasteiger partial charge in [-0.1, -0.05) is 78.1 Å². The van der Waals surface area contributed by atoms with Gasteiger partial charge in [-0.2, -0.15) is 0 Å². The first-order valence-corrected chi connectivity index (χ1v) is 11.3. The molecule has 0 amide bonds. The lowest BCUT2D eigenvalue weighted by Crippen LogP contribution is -2.05. The molecular weight excluding hydrogens is 370 g/mol. The van der Waals surface area contributed by atoms with Gasteiger partial charge in [0.1, 0.15) is 0 Å². The molecule has 6 heteroatoms. The van der Waals surface area contributed by atoms with Gasteiger partial charge in [-0.05, 0) is 18.9 Å². The molecule has 0 spiro atoms. The Balaban J connectivity index is 2.62. The minimum atomic E-state index is -0.485. The molecule has 0 atom stereocenters. The van der Waals surface area contributed by atoms with E-state index in [0.29, 0.717) is 24.7 Å². The van der Waals surface area contributed by atoms with E-state index >= 15 is 0 Å². The Morgan fingerprint density at radius 2 is 1.24 bits per heavy atom. The summed E-state index contributed by atoms with van der Waals surface area (Å²) in [7, 11) is 0. The number of unbranched alkanes of at least 4 members (excludes halogenated alkanes) is 10. The molecule has 1 aromatic carbocycles. The van der Waals surface area contributed by atoms with Gasteiger partial charge in [-0.15, -0.1) is 0 Å². The van der Waals surface area contributed by atoms with Crippen LogP contribution >= 0.6 is 0 Å². The van der Waals surface area contributed by atoms with Crippen molar-refractivity contribution in [3.63, 3.8) is 0 Å². The third kappa shape index (κ3) is 10.5. The van der Waals surface area contributed by atoms with E-state index in [1.165, 1.54) is 57.4 Å². The quantitative estimate of drug-likeness (QED) is 0.168. The molecule has 0 aliphatic heterocycles. The number of nitro benzene ring substituents is 1. The van der Waals surface area contributed by atoms with Gasteiger partial charge >= 0.3 is 0 Å². The zero-order valence-corrected chi connectivity index (χ0v) is 18.3. The number of aliphatic hydroxyl groups excluding tert-OH is 1. The van der Waals surface area contributed by atoms with Crippen molar-refractivity contribution in [3.8, 4) is 11.5 Å². The van der Waals surface area contributed by atoms with Crippen molar-refractivity contribution in [2.24, 2.45) is 0 Å². The highest BCUT2D eigenvalue weighted by molar-refractivity contribution is 5.54. The molecule has 1 rings (SSSR count). The van der Waals surface area contributed by atoms with Crippen LogP contribution in [0.2, 0.25) is 0 Å². The lowest BCUT2D eigenvalue weighted by molar-refractivity contribution is -0.385. The van der Waals surface area contributed by atoms with Crippen molar-refractivity contribution in [2.45, 2.75) is 97.5 Å². The number of hydrogen-bond acceptors (Lipinski definition) is 5.